The molecule has 2 rings (SSSR count). The molecule has 0 aliphatic carbocycles. The summed E-state index contributed by atoms with van der Waals surface area (Å²) in [6, 6.07) is 5.56. The monoisotopic (exact) mass is 305 g/mol. The van der Waals surface area contributed by atoms with Gasteiger partial charge in [0.1, 0.15) is 5.69 Å². The number of pyridine rings is 1. The lowest BCUT2D eigenvalue weighted by molar-refractivity contribution is 0.103. The van der Waals surface area contributed by atoms with Crippen molar-refractivity contribution < 1.29 is 4.79 Å². The van der Waals surface area contributed by atoms with Crippen LogP contribution in [0.25, 0.3) is 6.08 Å². The van der Waals surface area contributed by atoms with Crippen molar-refractivity contribution >= 4 is 27.8 Å². The summed E-state index contributed by atoms with van der Waals surface area (Å²) in [5.74, 6) is -0.0909. The molecular formula is C13H12BrN3O. The van der Waals surface area contributed by atoms with E-state index in [0.717, 1.165) is 5.69 Å². The van der Waals surface area contributed by atoms with E-state index in [1.807, 2.05) is 25.1 Å². The quantitative estimate of drug-likeness (QED) is 0.644. The van der Waals surface area contributed by atoms with E-state index in [2.05, 4.69) is 26.0 Å². The van der Waals surface area contributed by atoms with E-state index in [-0.39, 0.29) is 5.78 Å². The Morgan fingerprint density at radius 3 is 3.00 bits per heavy atom. The van der Waals surface area contributed by atoms with Crippen LogP contribution in [0.15, 0.2) is 41.1 Å². The van der Waals surface area contributed by atoms with Crippen LogP contribution in [0.3, 0.4) is 0 Å². The lowest BCUT2D eigenvalue weighted by Crippen LogP contribution is -2.07. The van der Waals surface area contributed by atoms with E-state index in [4.69, 9.17) is 0 Å². The van der Waals surface area contributed by atoms with Crippen LogP contribution in [0.1, 0.15) is 23.1 Å². The first-order valence-electron chi connectivity index (χ1n) is 5.57. The second-order valence-electron chi connectivity index (χ2n) is 3.61. The van der Waals surface area contributed by atoms with Gasteiger partial charge in [0.2, 0.25) is 5.78 Å². The first kappa shape index (κ1) is 12.7. The van der Waals surface area contributed by atoms with E-state index in [0.29, 0.717) is 16.7 Å². The molecule has 18 heavy (non-hydrogen) atoms. The zero-order valence-corrected chi connectivity index (χ0v) is 11.5. The molecule has 2 heterocycles. The predicted octanol–water partition coefficient (Wildman–Crippen LogP) is 2.96. The van der Waals surface area contributed by atoms with Crippen LogP contribution in [-0.2, 0) is 6.54 Å². The van der Waals surface area contributed by atoms with E-state index in [1.165, 1.54) is 6.08 Å². The fourth-order valence-electron chi connectivity index (χ4n) is 1.56. The minimum Gasteiger partial charge on any atom is -0.288 e. The first-order valence-corrected chi connectivity index (χ1v) is 6.36. The first-order chi connectivity index (χ1) is 8.72. The number of aryl methyl sites for hydroxylation is 1. The van der Waals surface area contributed by atoms with Gasteiger partial charge in [-0.25, -0.2) is 0 Å². The van der Waals surface area contributed by atoms with Gasteiger partial charge < -0.3 is 0 Å². The van der Waals surface area contributed by atoms with Gasteiger partial charge in [-0.1, -0.05) is 6.07 Å². The Bertz CT molecular complexity index is 575. The molecule has 2 aromatic heterocycles. The van der Waals surface area contributed by atoms with Crippen LogP contribution in [-0.4, -0.2) is 20.5 Å². The van der Waals surface area contributed by atoms with Gasteiger partial charge in [0.15, 0.2) is 0 Å². The standard InChI is InChI=1S/C13H12BrN3O/c1-2-17-13(11(14)9-16-17)12(18)7-6-10-5-3-4-8-15-10/h3-9H,2H2,1H3/b7-6+. The summed E-state index contributed by atoms with van der Waals surface area (Å²) < 4.78 is 2.37. The molecule has 0 saturated heterocycles. The van der Waals surface area contributed by atoms with Gasteiger partial charge in [-0.2, -0.15) is 5.10 Å². The lowest BCUT2D eigenvalue weighted by atomic mass is 10.2. The largest absolute Gasteiger partial charge is 0.288 e. The van der Waals surface area contributed by atoms with E-state index < -0.39 is 0 Å². The molecule has 4 nitrogen and oxygen atoms in total. The van der Waals surface area contributed by atoms with Crippen molar-refractivity contribution in [2.45, 2.75) is 13.5 Å². The minimum atomic E-state index is -0.0909. The van der Waals surface area contributed by atoms with Crippen molar-refractivity contribution in [3.05, 3.63) is 52.5 Å². The van der Waals surface area contributed by atoms with Gasteiger partial charge in [-0.15, -0.1) is 0 Å². The maximum absolute atomic E-state index is 12.1. The second kappa shape index (κ2) is 5.73. The smallest absolute Gasteiger partial charge is 0.205 e. The van der Waals surface area contributed by atoms with Crippen LogP contribution in [0.4, 0.5) is 0 Å². The number of carbonyl (C=O) groups is 1. The highest BCUT2D eigenvalue weighted by Crippen LogP contribution is 2.17. The average Bonchev–Trinajstić information content (AvgIpc) is 2.78. The molecule has 0 saturated carbocycles. The Labute approximate surface area is 113 Å². The molecule has 0 aromatic carbocycles. The van der Waals surface area contributed by atoms with Gasteiger partial charge in [-0.05, 0) is 47.1 Å². The summed E-state index contributed by atoms with van der Waals surface area (Å²) in [5.41, 5.74) is 1.31. The highest BCUT2D eigenvalue weighted by molar-refractivity contribution is 9.10. The highest BCUT2D eigenvalue weighted by Gasteiger charge is 2.13. The summed E-state index contributed by atoms with van der Waals surface area (Å²) in [6.07, 6.45) is 6.53. The number of nitrogens with zero attached hydrogens (tertiary/aromatic N) is 3. The van der Waals surface area contributed by atoms with Crippen molar-refractivity contribution in [2.24, 2.45) is 0 Å². The molecule has 0 fully saturated rings. The third-order valence-electron chi connectivity index (χ3n) is 2.42. The van der Waals surface area contributed by atoms with E-state index in [1.54, 1.807) is 23.2 Å². The van der Waals surface area contributed by atoms with E-state index in [9.17, 15) is 4.79 Å². The summed E-state index contributed by atoms with van der Waals surface area (Å²) in [6.45, 7) is 2.60. The summed E-state index contributed by atoms with van der Waals surface area (Å²) in [4.78, 5) is 16.2. The van der Waals surface area contributed by atoms with Crippen LogP contribution < -0.4 is 0 Å². The fraction of sp³-hybridized carbons (Fsp3) is 0.154. The van der Waals surface area contributed by atoms with Gasteiger partial charge in [-0.3, -0.25) is 14.5 Å². The Balaban J connectivity index is 2.22. The van der Waals surface area contributed by atoms with Crippen molar-refractivity contribution in [1.82, 2.24) is 14.8 Å². The number of allylic oxidation sites excluding steroid dienone is 1. The zero-order valence-electron chi connectivity index (χ0n) is 9.88. The molecule has 0 unspecified atom stereocenters. The minimum absolute atomic E-state index is 0.0909. The lowest BCUT2D eigenvalue weighted by Gasteiger charge is -2.01. The van der Waals surface area contributed by atoms with E-state index >= 15 is 0 Å². The molecule has 0 spiro atoms. The fourth-order valence-corrected chi connectivity index (χ4v) is 2.05. The molecule has 92 valence electrons. The molecule has 0 atom stereocenters. The highest BCUT2D eigenvalue weighted by atomic mass is 79.9. The Kier molecular flexibility index (Phi) is 4.04. The predicted molar refractivity (Wildman–Crippen MR) is 73.2 cm³/mol. The number of hydrogen-bond donors (Lipinski definition) is 0. The van der Waals surface area contributed by atoms with Gasteiger partial charge >= 0.3 is 0 Å². The molecule has 0 bridgehead atoms. The normalized spacial score (nSPS) is 11.0. The maximum atomic E-state index is 12.1. The van der Waals surface area contributed by atoms with Crippen molar-refractivity contribution in [2.75, 3.05) is 0 Å². The average molecular weight is 306 g/mol. The summed E-state index contributed by atoms with van der Waals surface area (Å²) in [5, 5.41) is 4.11. The van der Waals surface area contributed by atoms with Crippen LogP contribution in [0.5, 0.6) is 0 Å². The molecule has 0 aliphatic rings. The third kappa shape index (κ3) is 2.73. The second-order valence-corrected chi connectivity index (χ2v) is 4.46. The van der Waals surface area contributed by atoms with Crippen LogP contribution in [0, 0.1) is 0 Å². The number of carbonyl (C=O) groups excluding carboxylic acids is 1. The molecular weight excluding hydrogens is 294 g/mol. The molecule has 2 aromatic rings. The molecule has 0 amide bonds. The summed E-state index contributed by atoms with van der Waals surface area (Å²) in [7, 11) is 0. The Morgan fingerprint density at radius 2 is 2.33 bits per heavy atom. The van der Waals surface area contributed by atoms with Crippen LogP contribution in [0.2, 0.25) is 0 Å². The van der Waals surface area contributed by atoms with Gasteiger partial charge in [0.25, 0.3) is 0 Å². The van der Waals surface area contributed by atoms with Gasteiger partial charge in [0, 0.05) is 12.7 Å². The number of hydrogen-bond acceptors (Lipinski definition) is 3. The topological polar surface area (TPSA) is 47.8 Å². The molecule has 5 heteroatoms. The SMILES string of the molecule is CCn1ncc(Br)c1C(=O)/C=C/c1ccccn1. The van der Waals surface area contributed by atoms with Crippen LogP contribution >= 0.6 is 15.9 Å². The van der Waals surface area contributed by atoms with Crippen molar-refractivity contribution in [3.63, 3.8) is 0 Å². The number of ketones is 1. The van der Waals surface area contributed by atoms with Crippen molar-refractivity contribution in [1.29, 1.82) is 0 Å². The number of halogens is 1. The van der Waals surface area contributed by atoms with Gasteiger partial charge in [0.05, 0.1) is 16.4 Å². The van der Waals surface area contributed by atoms with Crippen molar-refractivity contribution in [3.8, 4) is 0 Å². The Morgan fingerprint density at radius 1 is 1.50 bits per heavy atom. The number of rotatable bonds is 4. The molecule has 0 aliphatic heterocycles. The summed E-state index contributed by atoms with van der Waals surface area (Å²) >= 11 is 3.33. The Hall–Kier alpha value is -1.75. The number of aromatic nitrogens is 3. The zero-order chi connectivity index (χ0) is 13.0. The maximum Gasteiger partial charge on any atom is 0.205 e. The molecule has 0 radical (unpaired) electrons. The molecule has 0 N–H and O–H groups in total. The third-order valence-corrected chi connectivity index (χ3v) is 3.00.